The van der Waals surface area contributed by atoms with Crippen molar-refractivity contribution in [1.29, 1.82) is 0 Å². The molecule has 35 heavy (non-hydrogen) atoms. The minimum Gasteiger partial charge on any atom is -0.489 e. The molecule has 0 aromatic heterocycles. The smallest absolute Gasteiger partial charge is 0.294 e. The fourth-order valence-corrected chi connectivity index (χ4v) is 5.10. The van der Waals surface area contributed by atoms with Crippen molar-refractivity contribution >= 4 is 18.3 Å². The van der Waals surface area contributed by atoms with Crippen LogP contribution in [0.25, 0.3) is 0 Å². The summed E-state index contributed by atoms with van der Waals surface area (Å²) in [5.74, 6) is 0.346. The molecule has 2 aromatic rings. The van der Waals surface area contributed by atoms with Gasteiger partial charge < -0.3 is 19.7 Å². The van der Waals surface area contributed by atoms with Crippen LogP contribution in [0.5, 0.6) is 5.75 Å². The van der Waals surface area contributed by atoms with Crippen LogP contribution in [0, 0.1) is 0 Å². The number of nitrogens with zero attached hydrogens (tertiary/aromatic N) is 2. The summed E-state index contributed by atoms with van der Waals surface area (Å²) >= 11 is 0. The highest BCUT2D eigenvalue weighted by Gasteiger charge is 2.39. The molecule has 2 atom stereocenters. The van der Waals surface area contributed by atoms with E-state index in [0.29, 0.717) is 49.5 Å². The monoisotopic (exact) mass is 475 g/mol. The van der Waals surface area contributed by atoms with Crippen molar-refractivity contribution in [3.05, 3.63) is 77.0 Å². The van der Waals surface area contributed by atoms with Crippen LogP contribution in [0.3, 0.4) is 0 Å². The summed E-state index contributed by atoms with van der Waals surface area (Å²) in [6, 6.07) is 13.2. The van der Waals surface area contributed by atoms with E-state index in [1.165, 1.54) is 0 Å². The Bertz CT molecular complexity index is 1150. The van der Waals surface area contributed by atoms with Crippen molar-refractivity contribution in [3.63, 3.8) is 0 Å². The van der Waals surface area contributed by atoms with Gasteiger partial charge in [-0.05, 0) is 48.9 Å². The summed E-state index contributed by atoms with van der Waals surface area (Å²) in [4.78, 5) is 40.0. The number of nitrogens with one attached hydrogen (secondary N) is 1. The third-order valence-corrected chi connectivity index (χ3v) is 6.97. The van der Waals surface area contributed by atoms with Crippen molar-refractivity contribution in [1.82, 2.24) is 15.1 Å². The summed E-state index contributed by atoms with van der Waals surface area (Å²) in [7, 11) is 0. The largest absolute Gasteiger partial charge is 0.489 e. The first kappa shape index (κ1) is 23.1. The minimum absolute atomic E-state index is 0.138. The van der Waals surface area contributed by atoms with Crippen LogP contribution in [0.15, 0.2) is 54.7 Å². The van der Waals surface area contributed by atoms with Crippen molar-refractivity contribution < 1.29 is 23.9 Å². The van der Waals surface area contributed by atoms with Crippen molar-refractivity contribution in [3.8, 4) is 5.75 Å². The number of carbonyl (C=O) groups is 3. The molecule has 8 heteroatoms. The average Bonchev–Trinajstić information content (AvgIpc) is 3.43. The Kier molecular flexibility index (Phi) is 6.55. The maximum atomic E-state index is 13.0. The van der Waals surface area contributed by atoms with E-state index in [4.69, 9.17) is 9.47 Å². The van der Waals surface area contributed by atoms with Crippen LogP contribution in [-0.2, 0) is 34.0 Å². The van der Waals surface area contributed by atoms with Crippen LogP contribution in [0.1, 0.15) is 52.7 Å². The van der Waals surface area contributed by atoms with Gasteiger partial charge in [-0.2, -0.15) is 0 Å². The lowest BCUT2D eigenvalue weighted by atomic mass is 10.0. The van der Waals surface area contributed by atoms with E-state index in [2.05, 4.69) is 28.9 Å². The summed E-state index contributed by atoms with van der Waals surface area (Å²) in [5, 5.41) is 2.77. The number of allylic oxidation sites excluding steroid dienone is 1. The second-order valence-electron chi connectivity index (χ2n) is 9.27. The van der Waals surface area contributed by atoms with E-state index in [1.807, 2.05) is 24.3 Å². The van der Waals surface area contributed by atoms with Gasteiger partial charge >= 0.3 is 0 Å². The highest BCUT2D eigenvalue weighted by Crippen LogP contribution is 2.34. The van der Waals surface area contributed by atoms with Gasteiger partial charge in [0.25, 0.3) is 12.4 Å². The molecule has 0 bridgehead atoms. The molecule has 0 saturated carbocycles. The Balaban J connectivity index is 1.22. The molecular formula is C27H29N3O5. The molecule has 5 rings (SSSR count). The molecule has 2 aromatic carbocycles. The number of benzene rings is 2. The summed E-state index contributed by atoms with van der Waals surface area (Å²) < 4.78 is 11.3. The summed E-state index contributed by atoms with van der Waals surface area (Å²) in [6.45, 7) is 6.71. The normalized spacial score (nSPS) is 22.2. The molecule has 2 amide bonds. The molecule has 1 N–H and O–H groups in total. The zero-order chi connectivity index (χ0) is 24.4. The number of ether oxygens (including phenoxy) is 2. The number of hydrogen-bond donors (Lipinski definition) is 1. The molecule has 2 unspecified atom stereocenters. The van der Waals surface area contributed by atoms with Crippen LogP contribution in [0.2, 0.25) is 0 Å². The van der Waals surface area contributed by atoms with Crippen molar-refractivity contribution in [2.45, 2.75) is 57.6 Å². The SMILES string of the molecule is C=C1CCC(N2Cc3c(OCc4ccc(CN5CCCC5OC=O)cc4)cccc3C2=O)C(=O)N1. The predicted molar refractivity (Wildman–Crippen MR) is 128 cm³/mol. The first-order chi connectivity index (χ1) is 17.0. The number of piperidine rings is 1. The zero-order valence-electron chi connectivity index (χ0n) is 19.6. The lowest BCUT2D eigenvalue weighted by Gasteiger charge is -2.31. The third-order valence-electron chi connectivity index (χ3n) is 6.97. The van der Waals surface area contributed by atoms with Gasteiger partial charge in [0.2, 0.25) is 5.91 Å². The van der Waals surface area contributed by atoms with Gasteiger partial charge in [-0.25, -0.2) is 0 Å². The summed E-state index contributed by atoms with van der Waals surface area (Å²) in [5.41, 5.74) is 4.26. The molecule has 2 fully saturated rings. The average molecular weight is 476 g/mol. The van der Waals surface area contributed by atoms with E-state index in [1.54, 1.807) is 11.0 Å². The minimum atomic E-state index is -0.493. The first-order valence-electron chi connectivity index (χ1n) is 12.0. The fraction of sp³-hybridized carbons (Fsp3) is 0.370. The van der Waals surface area contributed by atoms with E-state index in [0.717, 1.165) is 42.6 Å². The van der Waals surface area contributed by atoms with Crippen LogP contribution < -0.4 is 10.1 Å². The third kappa shape index (κ3) is 4.79. The molecule has 0 spiro atoms. The molecule has 2 saturated heterocycles. The first-order valence-corrected chi connectivity index (χ1v) is 12.0. The Morgan fingerprint density at radius 1 is 1.09 bits per heavy atom. The lowest BCUT2D eigenvalue weighted by Crippen LogP contribution is -2.49. The van der Waals surface area contributed by atoms with Gasteiger partial charge in [-0.15, -0.1) is 0 Å². The Hall–Kier alpha value is -3.65. The number of amides is 2. The molecule has 3 aliphatic heterocycles. The Morgan fingerprint density at radius 3 is 2.66 bits per heavy atom. The van der Waals surface area contributed by atoms with Crippen LogP contribution in [0.4, 0.5) is 0 Å². The maximum Gasteiger partial charge on any atom is 0.294 e. The number of likely N-dealkylation sites (tertiary alicyclic amines) is 1. The van der Waals surface area contributed by atoms with Gasteiger partial charge in [0, 0.05) is 29.9 Å². The van der Waals surface area contributed by atoms with Gasteiger partial charge in [-0.3, -0.25) is 19.3 Å². The van der Waals surface area contributed by atoms with Gasteiger partial charge in [0.05, 0.1) is 6.54 Å². The van der Waals surface area contributed by atoms with Crippen LogP contribution in [-0.4, -0.2) is 46.9 Å². The van der Waals surface area contributed by atoms with Crippen molar-refractivity contribution in [2.24, 2.45) is 0 Å². The Morgan fingerprint density at radius 2 is 1.89 bits per heavy atom. The number of hydrogen-bond acceptors (Lipinski definition) is 6. The number of rotatable bonds is 8. The highest BCUT2D eigenvalue weighted by molar-refractivity contribution is 6.02. The second kappa shape index (κ2) is 9.92. The lowest BCUT2D eigenvalue weighted by molar-refractivity contribution is -0.141. The van der Waals surface area contributed by atoms with E-state index >= 15 is 0 Å². The molecular weight excluding hydrogens is 446 g/mol. The van der Waals surface area contributed by atoms with E-state index < -0.39 is 6.04 Å². The zero-order valence-corrected chi connectivity index (χ0v) is 19.6. The molecule has 0 radical (unpaired) electrons. The number of fused-ring (bicyclic) bond motifs is 1. The molecule has 3 heterocycles. The van der Waals surface area contributed by atoms with E-state index in [-0.39, 0.29) is 18.0 Å². The number of carbonyl (C=O) groups excluding carboxylic acids is 3. The van der Waals surface area contributed by atoms with Gasteiger partial charge in [0.15, 0.2) is 6.23 Å². The van der Waals surface area contributed by atoms with E-state index in [9.17, 15) is 14.4 Å². The molecule has 8 nitrogen and oxygen atoms in total. The highest BCUT2D eigenvalue weighted by atomic mass is 16.5. The summed E-state index contributed by atoms with van der Waals surface area (Å²) in [6.07, 6.45) is 2.99. The molecule has 3 aliphatic rings. The Labute approximate surface area is 204 Å². The molecule has 0 aliphatic carbocycles. The van der Waals surface area contributed by atoms with Crippen LogP contribution >= 0.6 is 0 Å². The van der Waals surface area contributed by atoms with Gasteiger partial charge in [0.1, 0.15) is 18.4 Å². The standard InChI is InChI=1S/C27H29N3O5/c1-18-7-12-23(26(32)28-18)30-15-22-21(27(30)33)4-2-5-24(22)34-16-20-10-8-19(9-11-20)14-29-13-3-6-25(29)35-17-31/h2,4-5,8-11,17,23,25H,1,3,6-7,12-16H2,(H,28,32). The topological polar surface area (TPSA) is 88.2 Å². The predicted octanol–water partition coefficient (Wildman–Crippen LogP) is 3.11. The van der Waals surface area contributed by atoms with Gasteiger partial charge in [-0.1, -0.05) is 36.9 Å². The maximum absolute atomic E-state index is 13.0. The fourth-order valence-electron chi connectivity index (χ4n) is 5.10. The van der Waals surface area contributed by atoms with Crippen molar-refractivity contribution in [2.75, 3.05) is 6.54 Å². The second-order valence-corrected chi connectivity index (χ2v) is 9.27. The molecule has 182 valence electrons. The quantitative estimate of drug-likeness (QED) is 0.591.